The Morgan fingerprint density at radius 2 is 2.38 bits per heavy atom. The maximum Gasteiger partial charge on any atom is 0.255 e. The van der Waals surface area contributed by atoms with Crippen LogP contribution in [0.15, 0.2) is 16.8 Å². The zero-order valence-corrected chi connectivity index (χ0v) is 7.65. The number of guanidine groups is 1. The predicted molar refractivity (Wildman–Crippen MR) is 46.6 cm³/mol. The molecule has 0 aromatic heterocycles. The molecule has 0 N–H and O–H groups in total. The quantitative estimate of drug-likeness (QED) is 0.570. The van der Waals surface area contributed by atoms with Crippen LogP contribution in [-0.4, -0.2) is 42.0 Å². The predicted octanol–water partition coefficient (Wildman–Crippen LogP) is -0.0346. The largest absolute Gasteiger partial charge is 0.275 e. The summed E-state index contributed by atoms with van der Waals surface area (Å²) in [6.45, 7) is 3.12. The Labute approximate surface area is 76.2 Å². The highest BCUT2D eigenvalue weighted by Gasteiger charge is 2.32. The Morgan fingerprint density at radius 3 is 3.08 bits per heavy atom. The fourth-order valence-corrected chi connectivity index (χ4v) is 1.52. The molecule has 0 aromatic rings. The second kappa shape index (κ2) is 2.85. The molecule has 2 rings (SSSR count). The maximum atomic E-state index is 11.4. The molecule has 0 saturated carbocycles. The number of amides is 1. The number of nitrogens with zero attached hydrogens (tertiary/aromatic N) is 3. The summed E-state index contributed by atoms with van der Waals surface area (Å²) in [4.78, 5) is 22.3. The zero-order chi connectivity index (χ0) is 9.42. The van der Waals surface area contributed by atoms with Gasteiger partial charge in [-0.2, -0.15) is 5.06 Å². The van der Waals surface area contributed by atoms with Gasteiger partial charge in [0.25, 0.3) is 5.91 Å². The molecule has 5 heteroatoms. The average Bonchev–Trinajstić information content (AvgIpc) is 2.53. The second-order valence-corrected chi connectivity index (χ2v) is 2.93. The van der Waals surface area contributed by atoms with Crippen LogP contribution >= 0.6 is 0 Å². The summed E-state index contributed by atoms with van der Waals surface area (Å²) >= 11 is 0. The number of allylic oxidation sites excluding steroid dienone is 1. The van der Waals surface area contributed by atoms with Crippen molar-refractivity contribution in [2.45, 2.75) is 6.92 Å². The minimum Gasteiger partial charge on any atom is -0.275 e. The highest BCUT2D eigenvalue weighted by atomic mass is 16.7. The van der Waals surface area contributed by atoms with E-state index in [2.05, 4.69) is 4.99 Å². The van der Waals surface area contributed by atoms with E-state index in [1.807, 2.05) is 6.92 Å². The van der Waals surface area contributed by atoms with Crippen molar-refractivity contribution in [1.29, 1.82) is 0 Å². The van der Waals surface area contributed by atoms with E-state index in [0.717, 1.165) is 5.70 Å². The van der Waals surface area contributed by atoms with Gasteiger partial charge in [-0.1, -0.05) is 0 Å². The monoisotopic (exact) mass is 181 g/mol. The van der Waals surface area contributed by atoms with E-state index in [0.29, 0.717) is 19.0 Å². The zero-order valence-electron chi connectivity index (χ0n) is 7.65. The van der Waals surface area contributed by atoms with Crippen LogP contribution in [0.2, 0.25) is 0 Å². The Kier molecular flexibility index (Phi) is 1.81. The molecular formula is C8H11N3O2. The van der Waals surface area contributed by atoms with Crippen molar-refractivity contribution in [1.82, 2.24) is 9.96 Å². The lowest BCUT2D eigenvalue weighted by atomic mass is 10.3. The van der Waals surface area contributed by atoms with Gasteiger partial charge < -0.3 is 0 Å². The van der Waals surface area contributed by atoms with E-state index >= 15 is 0 Å². The van der Waals surface area contributed by atoms with Crippen molar-refractivity contribution in [3.63, 3.8) is 0 Å². The Morgan fingerprint density at radius 1 is 1.62 bits per heavy atom. The van der Waals surface area contributed by atoms with Gasteiger partial charge in [0.05, 0.1) is 19.4 Å². The molecule has 0 unspecified atom stereocenters. The number of aliphatic imine (C=N–C) groups is 1. The van der Waals surface area contributed by atoms with Crippen molar-refractivity contribution in [3.8, 4) is 0 Å². The van der Waals surface area contributed by atoms with Gasteiger partial charge in [-0.15, -0.1) is 0 Å². The number of fused-ring (bicyclic) bond motifs is 1. The van der Waals surface area contributed by atoms with Crippen LogP contribution in [0.5, 0.6) is 0 Å². The van der Waals surface area contributed by atoms with Crippen molar-refractivity contribution in [3.05, 3.63) is 11.8 Å². The van der Waals surface area contributed by atoms with E-state index in [9.17, 15) is 4.79 Å². The summed E-state index contributed by atoms with van der Waals surface area (Å²) in [5, 5.41) is 1.56. The molecule has 0 bridgehead atoms. The standard InChI is InChI=1S/C8H11N3O2/c1-6-5-7(12)10-4-3-9-8(10)11(6)13-2/h5H,3-4H2,1-2H3. The molecule has 2 aliphatic rings. The van der Waals surface area contributed by atoms with Gasteiger partial charge in [0, 0.05) is 12.6 Å². The molecule has 13 heavy (non-hydrogen) atoms. The fraction of sp³-hybridized carbons (Fsp3) is 0.500. The molecule has 0 spiro atoms. The van der Waals surface area contributed by atoms with E-state index in [1.54, 1.807) is 23.1 Å². The maximum absolute atomic E-state index is 11.4. The lowest BCUT2D eigenvalue weighted by molar-refractivity contribution is -0.126. The second-order valence-electron chi connectivity index (χ2n) is 2.93. The van der Waals surface area contributed by atoms with Gasteiger partial charge in [0.15, 0.2) is 0 Å². The Balaban J connectivity index is 2.38. The van der Waals surface area contributed by atoms with Crippen molar-refractivity contribution < 1.29 is 9.63 Å². The van der Waals surface area contributed by atoms with E-state index in [4.69, 9.17) is 4.84 Å². The molecule has 0 fully saturated rings. The molecule has 0 radical (unpaired) electrons. The first-order valence-electron chi connectivity index (χ1n) is 4.12. The van der Waals surface area contributed by atoms with E-state index in [1.165, 1.54) is 0 Å². The average molecular weight is 181 g/mol. The van der Waals surface area contributed by atoms with Gasteiger partial charge in [-0.3, -0.25) is 14.5 Å². The fourth-order valence-electron chi connectivity index (χ4n) is 1.52. The molecule has 5 nitrogen and oxygen atoms in total. The lowest BCUT2D eigenvalue weighted by Crippen LogP contribution is -2.46. The topological polar surface area (TPSA) is 45.1 Å². The number of carbonyl (C=O) groups excluding carboxylic acids is 1. The van der Waals surface area contributed by atoms with Gasteiger partial charge in [0.2, 0.25) is 5.96 Å². The van der Waals surface area contributed by atoms with Crippen LogP contribution in [0.4, 0.5) is 0 Å². The summed E-state index contributed by atoms with van der Waals surface area (Å²) in [6.07, 6.45) is 1.55. The van der Waals surface area contributed by atoms with Gasteiger partial charge in [0.1, 0.15) is 0 Å². The van der Waals surface area contributed by atoms with Crippen LogP contribution in [0.25, 0.3) is 0 Å². The van der Waals surface area contributed by atoms with Gasteiger partial charge in [-0.25, -0.2) is 4.99 Å². The molecular weight excluding hydrogens is 170 g/mol. The number of hydrogen-bond donors (Lipinski definition) is 0. The SMILES string of the molecule is CON1C(C)=CC(=O)N2CCN=C21. The smallest absolute Gasteiger partial charge is 0.255 e. The highest BCUT2D eigenvalue weighted by molar-refractivity contribution is 6.06. The first-order chi connectivity index (χ1) is 6.24. The molecule has 70 valence electrons. The molecule has 0 aromatic carbocycles. The highest BCUT2D eigenvalue weighted by Crippen LogP contribution is 2.18. The molecule has 1 amide bonds. The third kappa shape index (κ3) is 1.12. The van der Waals surface area contributed by atoms with Crippen LogP contribution in [0.3, 0.4) is 0 Å². The van der Waals surface area contributed by atoms with Gasteiger partial charge >= 0.3 is 0 Å². The summed E-state index contributed by atoms with van der Waals surface area (Å²) in [5.41, 5.74) is 0.768. The Bertz CT molecular complexity index is 309. The van der Waals surface area contributed by atoms with E-state index < -0.39 is 0 Å². The normalized spacial score (nSPS) is 21.5. The first kappa shape index (κ1) is 8.25. The molecule has 0 atom stereocenters. The number of hydrogen-bond acceptors (Lipinski definition) is 4. The van der Waals surface area contributed by atoms with Crippen LogP contribution in [-0.2, 0) is 9.63 Å². The number of rotatable bonds is 1. The summed E-state index contributed by atoms with van der Waals surface area (Å²) in [7, 11) is 1.56. The van der Waals surface area contributed by atoms with Crippen molar-refractivity contribution in [2.24, 2.45) is 4.99 Å². The molecule has 2 heterocycles. The van der Waals surface area contributed by atoms with E-state index in [-0.39, 0.29) is 5.91 Å². The third-order valence-corrected chi connectivity index (χ3v) is 2.10. The number of hydroxylamine groups is 2. The molecule has 2 aliphatic heterocycles. The molecule has 0 aliphatic carbocycles. The third-order valence-electron chi connectivity index (χ3n) is 2.10. The van der Waals surface area contributed by atoms with Crippen LogP contribution < -0.4 is 0 Å². The summed E-state index contributed by atoms with van der Waals surface area (Å²) in [5.74, 6) is 0.592. The first-order valence-corrected chi connectivity index (χ1v) is 4.12. The minimum atomic E-state index is -0.0120. The van der Waals surface area contributed by atoms with Gasteiger partial charge in [-0.05, 0) is 6.92 Å². The minimum absolute atomic E-state index is 0.0120. The van der Waals surface area contributed by atoms with Crippen molar-refractivity contribution >= 4 is 11.9 Å². The van der Waals surface area contributed by atoms with Crippen molar-refractivity contribution in [2.75, 3.05) is 20.2 Å². The molecule has 0 saturated heterocycles. The number of carbonyl (C=O) groups is 1. The van der Waals surface area contributed by atoms with Crippen LogP contribution in [0.1, 0.15) is 6.92 Å². The summed E-state index contributed by atoms with van der Waals surface area (Å²) < 4.78 is 0. The van der Waals surface area contributed by atoms with Crippen LogP contribution in [0, 0.1) is 0 Å². The Hall–Kier alpha value is -1.36. The summed E-state index contributed by atoms with van der Waals surface area (Å²) in [6, 6.07) is 0. The lowest BCUT2D eigenvalue weighted by Gasteiger charge is -2.31.